The highest BCUT2D eigenvalue weighted by Crippen LogP contribution is 2.45. The first-order chi connectivity index (χ1) is 8.08. The standard InChI is InChI=1S/C10H9F6OP/c11-9(12,13)8(17,10(14,15)16)6-18-7-4-2-1-3-5-7/h1-5,17-18H,6H2. The van der Waals surface area contributed by atoms with E-state index in [0.717, 1.165) is 0 Å². The molecule has 0 heterocycles. The van der Waals surface area contributed by atoms with Crippen LogP contribution < -0.4 is 5.30 Å². The minimum absolute atomic E-state index is 0.324. The van der Waals surface area contributed by atoms with Crippen LogP contribution in [0.25, 0.3) is 0 Å². The zero-order valence-electron chi connectivity index (χ0n) is 8.81. The topological polar surface area (TPSA) is 20.2 Å². The lowest BCUT2D eigenvalue weighted by molar-refractivity contribution is -0.358. The van der Waals surface area contributed by atoms with E-state index < -0.39 is 32.7 Å². The number of hydrogen-bond donors (Lipinski definition) is 1. The van der Waals surface area contributed by atoms with E-state index in [2.05, 4.69) is 0 Å². The Kier molecular flexibility index (Phi) is 4.28. The number of hydrogen-bond acceptors (Lipinski definition) is 1. The third-order valence-electron chi connectivity index (χ3n) is 2.26. The van der Waals surface area contributed by atoms with Gasteiger partial charge in [0.2, 0.25) is 0 Å². The van der Waals surface area contributed by atoms with Gasteiger partial charge in [-0.05, 0) is 5.30 Å². The van der Waals surface area contributed by atoms with Gasteiger partial charge in [-0.25, -0.2) is 0 Å². The van der Waals surface area contributed by atoms with Gasteiger partial charge in [-0.15, -0.1) is 0 Å². The quantitative estimate of drug-likeness (QED) is 0.670. The van der Waals surface area contributed by atoms with Crippen molar-refractivity contribution in [2.75, 3.05) is 6.16 Å². The minimum Gasteiger partial charge on any atom is -0.373 e. The van der Waals surface area contributed by atoms with E-state index in [-0.39, 0.29) is 0 Å². The van der Waals surface area contributed by atoms with E-state index in [1.54, 1.807) is 6.07 Å². The van der Waals surface area contributed by atoms with Gasteiger partial charge in [0.15, 0.2) is 0 Å². The zero-order valence-corrected chi connectivity index (χ0v) is 9.81. The molecule has 0 aliphatic rings. The molecule has 0 amide bonds. The van der Waals surface area contributed by atoms with Crippen LogP contribution in [-0.2, 0) is 0 Å². The Morgan fingerprint density at radius 1 is 0.889 bits per heavy atom. The van der Waals surface area contributed by atoms with Crippen molar-refractivity contribution in [2.45, 2.75) is 18.0 Å². The molecule has 0 fully saturated rings. The fourth-order valence-electron chi connectivity index (χ4n) is 1.15. The first kappa shape index (κ1) is 15.2. The van der Waals surface area contributed by atoms with Crippen LogP contribution in [0.1, 0.15) is 0 Å². The molecule has 1 atom stereocenters. The zero-order chi connectivity index (χ0) is 14.0. The van der Waals surface area contributed by atoms with Crippen molar-refractivity contribution in [3.05, 3.63) is 30.3 Å². The van der Waals surface area contributed by atoms with Gasteiger partial charge in [0, 0.05) is 6.16 Å². The van der Waals surface area contributed by atoms with E-state index in [1.807, 2.05) is 0 Å². The van der Waals surface area contributed by atoms with E-state index in [1.165, 1.54) is 24.3 Å². The van der Waals surface area contributed by atoms with Crippen molar-refractivity contribution < 1.29 is 31.4 Å². The van der Waals surface area contributed by atoms with E-state index in [4.69, 9.17) is 5.11 Å². The van der Waals surface area contributed by atoms with Crippen LogP contribution in [-0.4, -0.2) is 29.2 Å². The fraction of sp³-hybridized carbons (Fsp3) is 0.400. The molecule has 1 aromatic rings. The fourth-order valence-corrected chi connectivity index (χ4v) is 2.44. The molecule has 1 unspecified atom stereocenters. The maximum absolute atomic E-state index is 12.3. The summed E-state index contributed by atoms with van der Waals surface area (Å²) in [7, 11) is -0.787. The number of rotatable bonds is 3. The highest BCUT2D eigenvalue weighted by Gasteiger charge is 2.69. The van der Waals surface area contributed by atoms with Gasteiger partial charge in [0.25, 0.3) is 5.60 Å². The molecular weight excluding hydrogens is 281 g/mol. The van der Waals surface area contributed by atoms with Crippen molar-refractivity contribution >= 4 is 13.9 Å². The van der Waals surface area contributed by atoms with Crippen molar-refractivity contribution in [1.82, 2.24) is 0 Å². The van der Waals surface area contributed by atoms with Gasteiger partial charge in [-0.3, -0.25) is 0 Å². The first-order valence-electron chi connectivity index (χ1n) is 4.73. The summed E-state index contributed by atoms with van der Waals surface area (Å²) in [4.78, 5) is 0. The molecule has 0 radical (unpaired) electrons. The van der Waals surface area contributed by atoms with E-state index in [9.17, 15) is 26.3 Å². The Hall–Kier alpha value is -0.810. The second-order valence-corrected chi connectivity index (χ2v) is 4.86. The maximum atomic E-state index is 12.3. The molecule has 0 spiro atoms. The lowest BCUT2D eigenvalue weighted by Gasteiger charge is -2.32. The summed E-state index contributed by atoms with van der Waals surface area (Å²) < 4.78 is 74.0. The molecule has 18 heavy (non-hydrogen) atoms. The van der Waals surface area contributed by atoms with E-state index in [0.29, 0.717) is 5.30 Å². The van der Waals surface area contributed by atoms with Crippen molar-refractivity contribution in [3.8, 4) is 0 Å². The summed E-state index contributed by atoms with van der Waals surface area (Å²) in [6.45, 7) is 0. The SMILES string of the molecule is OC(CPc1ccccc1)(C(F)(F)F)C(F)(F)F. The predicted octanol–water partition coefficient (Wildman–Crippen LogP) is 2.85. The molecule has 1 N–H and O–H groups in total. The highest BCUT2D eigenvalue weighted by atomic mass is 31.1. The summed E-state index contributed by atoms with van der Waals surface area (Å²) in [5, 5.41) is 9.23. The molecule has 0 bridgehead atoms. The summed E-state index contributed by atoms with van der Waals surface area (Å²) in [6.07, 6.45) is -12.9. The Labute approximate surface area is 101 Å². The predicted molar refractivity (Wildman–Crippen MR) is 56.3 cm³/mol. The largest absolute Gasteiger partial charge is 0.426 e. The number of alkyl halides is 6. The molecule has 0 aliphatic heterocycles. The Morgan fingerprint density at radius 3 is 1.72 bits per heavy atom. The number of aliphatic hydroxyl groups is 1. The number of halogens is 6. The molecule has 1 aromatic carbocycles. The van der Waals surface area contributed by atoms with Gasteiger partial charge in [-0.2, -0.15) is 26.3 Å². The van der Waals surface area contributed by atoms with Crippen LogP contribution in [0, 0.1) is 0 Å². The van der Waals surface area contributed by atoms with Gasteiger partial charge < -0.3 is 5.11 Å². The molecular formula is C10H9F6OP. The number of benzene rings is 1. The average molecular weight is 290 g/mol. The van der Waals surface area contributed by atoms with Crippen molar-refractivity contribution in [1.29, 1.82) is 0 Å². The Morgan fingerprint density at radius 2 is 1.33 bits per heavy atom. The van der Waals surface area contributed by atoms with Gasteiger partial charge in [0.05, 0.1) is 0 Å². The molecule has 102 valence electrons. The van der Waals surface area contributed by atoms with Crippen LogP contribution >= 0.6 is 8.58 Å². The molecule has 0 aromatic heterocycles. The lowest BCUT2D eigenvalue weighted by Crippen LogP contribution is -2.58. The molecule has 1 rings (SSSR count). The van der Waals surface area contributed by atoms with Crippen LogP contribution in [0.2, 0.25) is 0 Å². The normalized spacial score (nSPS) is 14.4. The Bertz CT molecular complexity index is 372. The molecule has 0 saturated heterocycles. The first-order valence-corrected chi connectivity index (χ1v) is 5.93. The third-order valence-corrected chi connectivity index (χ3v) is 3.69. The summed E-state index contributed by atoms with van der Waals surface area (Å²) in [5.74, 6) is 0. The monoisotopic (exact) mass is 290 g/mol. The summed E-state index contributed by atoms with van der Waals surface area (Å²) in [5.41, 5.74) is -4.66. The van der Waals surface area contributed by atoms with E-state index >= 15 is 0 Å². The van der Waals surface area contributed by atoms with Gasteiger partial charge in [-0.1, -0.05) is 38.9 Å². The lowest BCUT2D eigenvalue weighted by atomic mass is 10.1. The average Bonchev–Trinajstić information content (AvgIpc) is 2.24. The summed E-state index contributed by atoms with van der Waals surface area (Å²) >= 11 is 0. The molecule has 0 aliphatic carbocycles. The minimum atomic E-state index is -5.74. The molecule has 1 nitrogen and oxygen atoms in total. The van der Waals surface area contributed by atoms with Crippen LogP contribution in [0.5, 0.6) is 0 Å². The second kappa shape index (κ2) is 5.05. The molecule has 8 heteroatoms. The van der Waals surface area contributed by atoms with Crippen LogP contribution in [0.15, 0.2) is 30.3 Å². The highest BCUT2D eigenvalue weighted by molar-refractivity contribution is 7.47. The van der Waals surface area contributed by atoms with Crippen molar-refractivity contribution in [2.24, 2.45) is 0 Å². The smallest absolute Gasteiger partial charge is 0.373 e. The van der Waals surface area contributed by atoms with Crippen molar-refractivity contribution in [3.63, 3.8) is 0 Å². The Balaban J connectivity index is 2.89. The van der Waals surface area contributed by atoms with Crippen LogP contribution in [0.3, 0.4) is 0 Å². The maximum Gasteiger partial charge on any atom is 0.426 e. The van der Waals surface area contributed by atoms with Gasteiger partial charge in [0.1, 0.15) is 0 Å². The van der Waals surface area contributed by atoms with Gasteiger partial charge >= 0.3 is 12.4 Å². The third kappa shape index (κ3) is 3.14. The van der Waals surface area contributed by atoms with Crippen LogP contribution in [0.4, 0.5) is 26.3 Å². The molecule has 0 saturated carbocycles. The second-order valence-electron chi connectivity index (χ2n) is 3.58. The summed E-state index contributed by atoms with van der Waals surface area (Å²) in [6, 6.07) is 7.41.